The molecular formula is C43H50Cl2SiZr-2. The second-order valence-corrected chi connectivity index (χ2v) is 21.4. The molecule has 4 aromatic carbocycles. The molecule has 0 spiro atoms. The van der Waals surface area contributed by atoms with E-state index in [0.717, 1.165) is 6.42 Å². The zero-order valence-electron chi connectivity index (χ0n) is 30.4. The van der Waals surface area contributed by atoms with Crippen molar-refractivity contribution in [3.63, 3.8) is 0 Å². The van der Waals surface area contributed by atoms with Crippen LogP contribution in [0.1, 0.15) is 97.2 Å². The number of hydrogen-bond acceptors (Lipinski definition) is 0. The number of fused-ring (bicyclic) bond motifs is 5. The van der Waals surface area contributed by atoms with Crippen LogP contribution in [0.2, 0.25) is 19.6 Å². The van der Waals surface area contributed by atoms with Crippen LogP contribution in [0.15, 0.2) is 66.7 Å². The molecule has 3 aliphatic carbocycles. The molecule has 0 fully saturated rings. The topological polar surface area (TPSA) is 0 Å². The van der Waals surface area contributed by atoms with E-state index in [-0.39, 0.29) is 35.6 Å². The largest absolute Gasteiger partial charge is 1.00 e. The Morgan fingerprint density at radius 3 is 1.79 bits per heavy atom. The summed E-state index contributed by atoms with van der Waals surface area (Å²) in [5, 5.41) is 1.62. The van der Waals surface area contributed by atoms with Crippen LogP contribution in [-0.2, 0) is 41.5 Å². The zero-order valence-corrected chi connectivity index (χ0v) is 35.4. The van der Waals surface area contributed by atoms with Crippen LogP contribution in [0.3, 0.4) is 0 Å². The third-order valence-electron chi connectivity index (χ3n) is 9.72. The summed E-state index contributed by atoms with van der Waals surface area (Å²) in [7, 11) is -1.06. The summed E-state index contributed by atoms with van der Waals surface area (Å²) in [5.74, 6) is 0. The summed E-state index contributed by atoms with van der Waals surface area (Å²) in [4.78, 5) is 0. The van der Waals surface area contributed by atoms with Gasteiger partial charge in [0.2, 0.25) is 0 Å². The Labute approximate surface area is 313 Å². The molecule has 0 heterocycles. The molecule has 0 radical (unpaired) electrons. The maximum Gasteiger partial charge on any atom is -1.00 e. The van der Waals surface area contributed by atoms with Crippen molar-refractivity contribution in [3.8, 4) is 11.1 Å². The molecule has 0 atom stereocenters. The van der Waals surface area contributed by atoms with E-state index < -0.39 is 8.07 Å². The van der Waals surface area contributed by atoms with E-state index in [9.17, 15) is 0 Å². The van der Waals surface area contributed by atoms with Crippen LogP contribution in [0.5, 0.6) is 0 Å². The average molecular weight is 757 g/mol. The van der Waals surface area contributed by atoms with E-state index >= 15 is 0 Å². The first-order valence-electron chi connectivity index (χ1n) is 16.4. The molecule has 0 N–H and O–H groups in total. The summed E-state index contributed by atoms with van der Waals surface area (Å²) >= 11 is 1.47. The van der Waals surface area contributed by atoms with Crippen LogP contribution in [0.25, 0.3) is 22.3 Å². The van der Waals surface area contributed by atoms with Gasteiger partial charge in [-0.1, -0.05) is 91.7 Å². The first-order chi connectivity index (χ1) is 20.9. The molecule has 0 bridgehead atoms. The predicted molar refractivity (Wildman–Crippen MR) is 198 cm³/mol. The second kappa shape index (κ2) is 14.5. The van der Waals surface area contributed by atoms with Crippen molar-refractivity contribution in [1.82, 2.24) is 0 Å². The van der Waals surface area contributed by atoms with Gasteiger partial charge in [-0.2, -0.15) is 27.9 Å². The van der Waals surface area contributed by atoms with E-state index in [1.807, 2.05) is 0 Å². The number of allylic oxidation sites excluding steroid dienone is 4. The SMILES string of the molecule is CC1=[C-]C(C)(C)c2cc3c(cc21)-c1cc2c(cc1C3)C(C)(C)C=C2C.Cc1cc([Si](C)(C)C)c(C)[cH-]1.Cc1ccc([CH]=[Zr+2])cc1.[Cl-].[Cl-]. The van der Waals surface area contributed by atoms with Gasteiger partial charge in [-0.05, 0) is 58.4 Å². The van der Waals surface area contributed by atoms with E-state index in [4.69, 9.17) is 0 Å². The van der Waals surface area contributed by atoms with Gasteiger partial charge >= 0.3 is 70.3 Å². The first-order valence-corrected chi connectivity index (χ1v) is 21.3. The fraction of sp³-hybridized carbons (Fsp3) is 0.349. The summed E-state index contributed by atoms with van der Waals surface area (Å²) in [6.45, 7) is 27.4. The first kappa shape index (κ1) is 39.5. The van der Waals surface area contributed by atoms with Crippen LogP contribution in [0.4, 0.5) is 0 Å². The normalized spacial score (nSPS) is 15.5. The molecule has 246 valence electrons. The fourth-order valence-electron chi connectivity index (χ4n) is 7.55. The number of aryl methyl sites for hydroxylation is 3. The maximum atomic E-state index is 3.65. The summed E-state index contributed by atoms with van der Waals surface area (Å²) in [6, 6.07) is 23.0. The molecule has 47 heavy (non-hydrogen) atoms. The third kappa shape index (κ3) is 8.10. The molecule has 7 rings (SSSR count). The molecule has 0 saturated heterocycles. The average Bonchev–Trinajstić information content (AvgIpc) is 3.62. The van der Waals surface area contributed by atoms with Gasteiger partial charge in [-0.3, -0.25) is 6.08 Å². The Hall–Kier alpha value is -1.96. The molecule has 4 heteroatoms. The fourth-order valence-corrected chi connectivity index (χ4v) is 9.94. The van der Waals surface area contributed by atoms with Gasteiger partial charge in [0.15, 0.2) is 0 Å². The van der Waals surface area contributed by atoms with Crippen LogP contribution in [0, 0.1) is 26.8 Å². The monoisotopic (exact) mass is 754 g/mol. The Balaban J connectivity index is 0.000000228. The predicted octanol–water partition coefficient (Wildman–Crippen LogP) is 4.72. The Kier molecular flexibility index (Phi) is 12.2. The number of rotatable bonds is 2. The molecule has 0 saturated carbocycles. The molecular weight excluding hydrogens is 707 g/mol. The van der Waals surface area contributed by atoms with Gasteiger partial charge in [0.05, 0.1) is 0 Å². The van der Waals surface area contributed by atoms with Crippen molar-refractivity contribution in [2.75, 3.05) is 0 Å². The van der Waals surface area contributed by atoms with E-state index in [1.54, 1.807) is 5.19 Å². The summed E-state index contributed by atoms with van der Waals surface area (Å²) in [6.07, 6.45) is 7.13. The van der Waals surface area contributed by atoms with E-state index in [2.05, 4.69) is 158 Å². The summed E-state index contributed by atoms with van der Waals surface area (Å²) < 4.78 is 2.19. The molecule has 3 aliphatic rings. The van der Waals surface area contributed by atoms with Crippen molar-refractivity contribution >= 4 is 28.1 Å². The molecule has 0 unspecified atom stereocenters. The van der Waals surface area contributed by atoms with Crippen molar-refractivity contribution in [2.24, 2.45) is 0 Å². The Bertz CT molecular complexity index is 1770. The smallest absolute Gasteiger partial charge is 1.00 e. The minimum absolute atomic E-state index is 0. The quantitative estimate of drug-likeness (QED) is 0.181. The van der Waals surface area contributed by atoms with Crippen LogP contribution < -0.4 is 30.0 Å². The number of benzene rings is 3. The van der Waals surface area contributed by atoms with Gasteiger partial charge in [0.1, 0.15) is 0 Å². The van der Waals surface area contributed by atoms with Crippen molar-refractivity contribution < 1.29 is 49.0 Å². The van der Waals surface area contributed by atoms with Crippen molar-refractivity contribution in [3.05, 3.63) is 128 Å². The van der Waals surface area contributed by atoms with Crippen LogP contribution in [-0.4, -0.2) is 11.8 Å². The van der Waals surface area contributed by atoms with Crippen molar-refractivity contribution in [2.45, 2.75) is 99.2 Å². The maximum absolute atomic E-state index is 3.65. The molecule has 0 amide bonds. The van der Waals surface area contributed by atoms with Gasteiger partial charge in [0, 0.05) is 13.5 Å². The molecule has 0 aliphatic heterocycles. The minimum Gasteiger partial charge on any atom is -1.00 e. The van der Waals surface area contributed by atoms with Crippen molar-refractivity contribution in [1.29, 1.82) is 0 Å². The van der Waals surface area contributed by atoms with E-state index in [1.165, 1.54) is 102 Å². The van der Waals surface area contributed by atoms with Gasteiger partial charge in [-0.25, -0.2) is 11.6 Å². The minimum atomic E-state index is -1.06. The van der Waals surface area contributed by atoms with Gasteiger partial charge in [-0.15, -0.1) is 11.6 Å². The number of hydrogen-bond donors (Lipinski definition) is 0. The van der Waals surface area contributed by atoms with Crippen LogP contribution >= 0.6 is 0 Å². The van der Waals surface area contributed by atoms with Gasteiger partial charge in [0.25, 0.3) is 0 Å². The standard InChI is InChI=1S/C25H25.C10H17Si.C8H8.2ClH.Zr/c1-14-12-24(3,4)22-8-16-7-17-9-23-19(15(2)13-25(23,5)6)11-21(17)20(16)10-18(14)22;1-8-6-9(2)10(7-8)11(3,4)5;1-7-3-5-8(2)6-4-7;;;/h8-12H,7H2,1-6H3;6-7H,1-5H3;1,3-6H,2H3;2*1H;/q2*-1;;;;+2/p-2. The molecule has 0 nitrogen and oxygen atoms in total. The third-order valence-corrected chi connectivity index (χ3v) is 12.7. The number of halogens is 2. The second-order valence-electron chi connectivity index (χ2n) is 15.6. The van der Waals surface area contributed by atoms with E-state index in [0.29, 0.717) is 0 Å². The zero-order chi connectivity index (χ0) is 33.1. The molecule has 4 aromatic rings. The Morgan fingerprint density at radius 1 is 0.745 bits per heavy atom. The van der Waals surface area contributed by atoms with Gasteiger partial charge < -0.3 is 24.8 Å². The molecule has 0 aromatic heterocycles. The Morgan fingerprint density at radius 2 is 1.30 bits per heavy atom. The summed E-state index contributed by atoms with van der Waals surface area (Å²) in [5.41, 5.74) is 20.1.